The lowest BCUT2D eigenvalue weighted by atomic mass is 10.0. The number of carboxylic acid groups (broad SMARTS) is 1. The zero-order chi connectivity index (χ0) is 16.4. The van der Waals surface area contributed by atoms with Crippen molar-refractivity contribution in [2.75, 3.05) is 0 Å². The molecule has 0 aromatic rings. The molecule has 7 nitrogen and oxygen atoms in total. The number of rotatable bonds is 9. The molecule has 2 amide bonds. The first-order valence-corrected chi connectivity index (χ1v) is 6.96. The maximum absolute atomic E-state index is 12.1. The van der Waals surface area contributed by atoms with Crippen LogP contribution in [0.1, 0.15) is 46.5 Å². The van der Waals surface area contributed by atoms with E-state index >= 15 is 0 Å². The first-order valence-electron chi connectivity index (χ1n) is 6.96. The Morgan fingerprint density at radius 2 is 1.81 bits per heavy atom. The summed E-state index contributed by atoms with van der Waals surface area (Å²) in [5.74, 6) is -2.12. The molecular formula is C14H23N3O4. The molecule has 0 aliphatic carbocycles. The summed E-state index contributed by atoms with van der Waals surface area (Å²) in [6.07, 6.45) is 1.75. The Morgan fingerprint density at radius 3 is 2.24 bits per heavy atom. The predicted molar refractivity (Wildman–Crippen MR) is 76.1 cm³/mol. The molecule has 0 bridgehead atoms. The van der Waals surface area contributed by atoms with E-state index in [1.807, 2.05) is 6.07 Å². The van der Waals surface area contributed by atoms with Crippen LogP contribution in [-0.4, -0.2) is 35.0 Å². The summed E-state index contributed by atoms with van der Waals surface area (Å²) in [6.45, 7) is 4.84. The van der Waals surface area contributed by atoms with Crippen molar-refractivity contribution in [1.82, 2.24) is 10.6 Å². The fourth-order valence-corrected chi connectivity index (χ4v) is 1.83. The van der Waals surface area contributed by atoms with Crippen molar-refractivity contribution in [2.24, 2.45) is 5.92 Å². The molecule has 0 radical (unpaired) electrons. The van der Waals surface area contributed by atoms with E-state index in [2.05, 4.69) is 10.6 Å². The molecule has 0 aliphatic heterocycles. The predicted octanol–water partition coefficient (Wildman–Crippen LogP) is 0.800. The molecule has 0 saturated heterocycles. The van der Waals surface area contributed by atoms with Crippen LogP contribution >= 0.6 is 0 Å². The van der Waals surface area contributed by atoms with Gasteiger partial charge in [-0.2, -0.15) is 5.26 Å². The topological polar surface area (TPSA) is 119 Å². The van der Waals surface area contributed by atoms with Gasteiger partial charge in [0.15, 0.2) is 0 Å². The van der Waals surface area contributed by atoms with Crippen LogP contribution in [0, 0.1) is 17.2 Å². The van der Waals surface area contributed by atoms with Crippen LogP contribution in [0.15, 0.2) is 0 Å². The lowest BCUT2D eigenvalue weighted by Gasteiger charge is -2.23. The summed E-state index contributed by atoms with van der Waals surface area (Å²) in [5, 5.41) is 22.5. The van der Waals surface area contributed by atoms with Gasteiger partial charge >= 0.3 is 5.97 Å². The molecular weight excluding hydrogens is 274 g/mol. The number of aliphatic carboxylic acids is 1. The number of carbonyl (C=O) groups is 3. The summed E-state index contributed by atoms with van der Waals surface area (Å²) in [4.78, 5) is 34.3. The summed E-state index contributed by atoms with van der Waals surface area (Å²) >= 11 is 0. The summed E-state index contributed by atoms with van der Waals surface area (Å²) in [5.41, 5.74) is 0. The molecule has 118 valence electrons. The van der Waals surface area contributed by atoms with E-state index in [-0.39, 0.29) is 18.2 Å². The van der Waals surface area contributed by atoms with Crippen molar-refractivity contribution >= 4 is 17.8 Å². The van der Waals surface area contributed by atoms with Crippen LogP contribution in [0.5, 0.6) is 0 Å². The van der Waals surface area contributed by atoms with E-state index in [9.17, 15) is 14.4 Å². The molecule has 0 aliphatic rings. The number of amides is 2. The summed E-state index contributed by atoms with van der Waals surface area (Å²) in [7, 11) is 0. The zero-order valence-corrected chi connectivity index (χ0v) is 12.7. The van der Waals surface area contributed by atoms with E-state index in [0.717, 1.165) is 0 Å². The first kappa shape index (κ1) is 18.9. The highest BCUT2D eigenvalue weighted by Crippen LogP contribution is 2.07. The summed E-state index contributed by atoms with van der Waals surface area (Å²) < 4.78 is 0. The lowest BCUT2D eigenvalue weighted by Crippen LogP contribution is -2.53. The highest BCUT2D eigenvalue weighted by atomic mass is 16.4. The molecule has 2 atom stereocenters. The zero-order valence-electron chi connectivity index (χ0n) is 12.7. The van der Waals surface area contributed by atoms with Crippen LogP contribution in [0.4, 0.5) is 0 Å². The van der Waals surface area contributed by atoms with E-state index < -0.39 is 24.0 Å². The lowest BCUT2D eigenvalue weighted by molar-refractivity contribution is -0.142. The molecule has 0 unspecified atom stereocenters. The first-order chi connectivity index (χ1) is 9.79. The smallest absolute Gasteiger partial charge is 0.326 e. The van der Waals surface area contributed by atoms with Crippen LogP contribution in [-0.2, 0) is 14.4 Å². The normalized spacial score (nSPS) is 13.1. The molecule has 0 aromatic carbocycles. The Bertz CT molecular complexity index is 415. The van der Waals surface area contributed by atoms with E-state index in [1.165, 1.54) is 6.92 Å². The second-order valence-corrected chi connectivity index (χ2v) is 5.23. The van der Waals surface area contributed by atoms with Gasteiger partial charge in [-0.25, -0.2) is 4.79 Å². The maximum atomic E-state index is 12.1. The van der Waals surface area contributed by atoms with Crippen LogP contribution in [0.3, 0.4) is 0 Å². The van der Waals surface area contributed by atoms with Crippen molar-refractivity contribution in [1.29, 1.82) is 5.26 Å². The third-order valence-corrected chi connectivity index (χ3v) is 2.95. The second kappa shape index (κ2) is 9.75. The number of carbonyl (C=O) groups excluding carboxylic acids is 2. The third kappa shape index (κ3) is 7.92. The number of hydrogen-bond acceptors (Lipinski definition) is 4. The molecule has 0 saturated carbocycles. The van der Waals surface area contributed by atoms with Crippen molar-refractivity contribution in [3.63, 3.8) is 0 Å². The minimum Gasteiger partial charge on any atom is -0.480 e. The molecule has 7 heteroatoms. The molecule has 21 heavy (non-hydrogen) atoms. The molecule has 0 spiro atoms. The van der Waals surface area contributed by atoms with Gasteiger partial charge in [-0.05, 0) is 25.2 Å². The second-order valence-electron chi connectivity index (χ2n) is 5.23. The van der Waals surface area contributed by atoms with Crippen LogP contribution in [0.25, 0.3) is 0 Å². The van der Waals surface area contributed by atoms with Gasteiger partial charge in [0, 0.05) is 13.3 Å². The Kier molecular flexibility index (Phi) is 8.77. The maximum Gasteiger partial charge on any atom is 0.326 e. The fraction of sp³-hybridized carbons (Fsp3) is 0.714. The van der Waals surface area contributed by atoms with Gasteiger partial charge < -0.3 is 15.7 Å². The minimum absolute atomic E-state index is 0.151. The van der Waals surface area contributed by atoms with Crippen molar-refractivity contribution in [2.45, 2.75) is 58.5 Å². The van der Waals surface area contributed by atoms with Gasteiger partial charge in [-0.3, -0.25) is 9.59 Å². The Morgan fingerprint density at radius 1 is 1.19 bits per heavy atom. The molecule has 0 rings (SSSR count). The Hall–Kier alpha value is -2.10. The average Bonchev–Trinajstić information content (AvgIpc) is 2.38. The van der Waals surface area contributed by atoms with E-state index in [0.29, 0.717) is 19.3 Å². The third-order valence-electron chi connectivity index (χ3n) is 2.95. The highest BCUT2D eigenvalue weighted by Gasteiger charge is 2.27. The standard InChI is InChI=1S/C14H23N3O4/c1-9(2)12(16-10(3)18)13(19)17-11(14(20)21)7-5-4-6-8-15/h9,11-12H,4-7H2,1-3H3,(H,16,18)(H,17,19)(H,20,21)/t11-,12+/m0/s1. The van der Waals surface area contributed by atoms with Gasteiger partial charge in [0.2, 0.25) is 11.8 Å². The Balaban J connectivity index is 4.60. The van der Waals surface area contributed by atoms with E-state index in [1.54, 1.807) is 13.8 Å². The van der Waals surface area contributed by atoms with Crippen LogP contribution in [0.2, 0.25) is 0 Å². The number of hydrogen-bond donors (Lipinski definition) is 3. The SMILES string of the molecule is CC(=O)N[C@@H](C(=O)N[C@@H](CCCCC#N)C(=O)O)C(C)C. The van der Waals surface area contributed by atoms with Crippen molar-refractivity contribution in [3.05, 3.63) is 0 Å². The van der Waals surface area contributed by atoms with Gasteiger partial charge in [0.05, 0.1) is 6.07 Å². The number of nitriles is 1. The van der Waals surface area contributed by atoms with Gasteiger partial charge in [0.25, 0.3) is 0 Å². The number of nitrogens with zero attached hydrogens (tertiary/aromatic N) is 1. The van der Waals surface area contributed by atoms with Crippen LogP contribution < -0.4 is 10.6 Å². The van der Waals surface area contributed by atoms with Gasteiger partial charge in [-0.1, -0.05) is 13.8 Å². The highest BCUT2D eigenvalue weighted by molar-refractivity contribution is 5.90. The number of unbranched alkanes of at least 4 members (excludes halogenated alkanes) is 2. The fourth-order valence-electron chi connectivity index (χ4n) is 1.83. The molecule has 3 N–H and O–H groups in total. The molecule has 0 heterocycles. The quantitative estimate of drug-likeness (QED) is 0.544. The molecule has 0 fully saturated rings. The van der Waals surface area contributed by atoms with E-state index in [4.69, 9.17) is 10.4 Å². The monoisotopic (exact) mass is 297 g/mol. The summed E-state index contributed by atoms with van der Waals surface area (Å²) in [6, 6.07) is 0.215. The number of nitrogens with one attached hydrogen (secondary N) is 2. The molecule has 0 aromatic heterocycles. The minimum atomic E-state index is -1.12. The largest absolute Gasteiger partial charge is 0.480 e. The number of carboxylic acids is 1. The van der Waals surface area contributed by atoms with Crippen molar-refractivity contribution < 1.29 is 19.5 Å². The van der Waals surface area contributed by atoms with Crippen molar-refractivity contribution in [3.8, 4) is 6.07 Å². The van der Waals surface area contributed by atoms with Gasteiger partial charge in [0.1, 0.15) is 12.1 Å². The van der Waals surface area contributed by atoms with Gasteiger partial charge in [-0.15, -0.1) is 0 Å². The Labute approximate surface area is 124 Å². The average molecular weight is 297 g/mol.